The molecule has 0 fully saturated rings. The van der Waals surface area contributed by atoms with Crippen LogP contribution in [-0.4, -0.2) is 0 Å². The molecule has 0 aliphatic heterocycles. The number of hydrogen-bond acceptors (Lipinski definition) is 0. The van der Waals surface area contributed by atoms with E-state index in [0.717, 1.165) is 0 Å². The van der Waals surface area contributed by atoms with Crippen molar-refractivity contribution in [3.8, 4) is 0 Å². The van der Waals surface area contributed by atoms with Gasteiger partial charge in [-0.1, -0.05) is 97.1 Å². The van der Waals surface area contributed by atoms with Crippen LogP contribution in [0.5, 0.6) is 0 Å². The summed E-state index contributed by atoms with van der Waals surface area (Å²) in [4.78, 5) is 0. The van der Waals surface area contributed by atoms with E-state index in [9.17, 15) is 0 Å². The molecule has 0 aliphatic carbocycles. The smallest absolute Gasteiger partial charge is 0.00141 e. The van der Waals surface area contributed by atoms with Crippen LogP contribution in [0.25, 0.3) is 86.2 Å². The van der Waals surface area contributed by atoms with Crippen molar-refractivity contribution in [1.29, 1.82) is 0 Å². The van der Waals surface area contributed by atoms with Gasteiger partial charge >= 0.3 is 0 Å². The molecule has 0 bridgehead atoms. The third-order valence-corrected chi connectivity index (χ3v) is 8.09. The Morgan fingerprint density at radius 2 is 0.588 bits per heavy atom. The zero-order valence-electron chi connectivity index (χ0n) is 18.4. The lowest BCUT2D eigenvalue weighted by Crippen LogP contribution is -1.91. The fourth-order valence-corrected chi connectivity index (χ4v) is 6.70. The molecule has 0 radical (unpaired) electrons. The summed E-state index contributed by atoms with van der Waals surface area (Å²) in [7, 11) is 0. The Balaban J connectivity index is 1.60. The van der Waals surface area contributed by atoms with E-state index in [1.54, 1.807) is 0 Å². The second-order valence-corrected chi connectivity index (χ2v) is 9.69. The third kappa shape index (κ3) is 1.89. The van der Waals surface area contributed by atoms with Gasteiger partial charge in [0.15, 0.2) is 0 Å². The molecular formula is C34H18. The average Bonchev–Trinajstić information content (AvgIpc) is 2.90. The molecule has 0 nitrogen and oxygen atoms in total. The summed E-state index contributed by atoms with van der Waals surface area (Å²) in [5.41, 5.74) is 0. The minimum atomic E-state index is 1.31. The Morgan fingerprint density at radius 3 is 1.03 bits per heavy atom. The first-order valence-electron chi connectivity index (χ1n) is 12.0. The van der Waals surface area contributed by atoms with Crippen LogP contribution in [0.2, 0.25) is 0 Å². The highest BCUT2D eigenvalue weighted by Gasteiger charge is 2.18. The van der Waals surface area contributed by atoms with Crippen molar-refractivity contribution in [1.82, 2.24) is 0 Å². The molecule has 0 saturated heterocycles. The van der Waals surface area contributed by atoms with E-state index in [-0.39, 0.29) is 0 Å². The van der Waals surface area contributed by atoms with Crippen molar-refractivity contribution in [3.63, 3.8) is 0 Å². The molecule has 0 saturated carbocycles. The molecule has 9 aromatic rings. The number of hydrogen-bond donors (Lipinski definition) is 0. The summed E-state index contributed by atoms with van der Waals surface area (Å²) in [5.74, 6) is 0. The first-order chi connectivity index (χ1) is 16.9. The lowest BCUT2D eigenvalue weighted by molar-refractivity contribution is 1.79. The average molecular weight is 427 g/mol. The number of fused-ring (bicyclic) bond motifs is 6. The van der Waals surface area contributed by atoms with Gasteiger partial charge in [0.05, 0.1) is 0 Å². The van der Waals surface area contributed by atoms with Gasteiger partial charge in [-0.25, -0.2) is 0 Å². The van der Waals surface area contributed by atoms with Gasteiger partial charge in [-0.15, -0.1) is 0 Å². The van der Waals surface area contributed by atoms with Crippen LogP contribution in [-0.2, 0) is 0 Å². The van der Waals surface area contributed by atoms with Crippen molar-refractivity contribution < 1.29 is 0 Å². The predicted molar refractivity (Wildman–Crippen MR) is 149 cm³/mol. The predicted octanol–water partition coefficient (Wildman–Crippen LogP) is 9.79. The van der Waals surface area contributed by atoms with Crippen LogP contribution in [0.4, 0.5) is 0 Å². The molecule has 154 valence electrons. The Bertz CT molecular complexity index is 2080. The maximum atomic E-state index is 2.36. The molecule has 34 heavy (non-hydrogen) atoms. The van der Waals surface area contributed by atoms with E-state index in [4.69, 9.17) is 0 Å². The molecule has 0 unspecified atom stereocenters. The zero-order valence-corrected chi connectivity index (χ0v) is 18.4. The van der Waals surface area contributed by atoms with E-state index in [0.29, 0.717) is 0 Å². The molecule has 0 atom stereocenters. The van der Waals surface area contributed by atoms with E-state index in [1.807, 2.05) is 0 Å². The molecule has 0 heteroatoms. The van der Waals surface area contributed by atoms with Crippen molar-refractivity contribution in [2.45, 2.75) is 0 Å². The molecule has 0 aromatic heterocycles. The molecule has 9 aromatic carbocycles. The van der Waals surface area contributed by atoms with Crippen molar-refractivity contribution >= 4 is 86.2 Å². The standard InChI is InChI=1S/C34H18/c1-3-7-23-19(5-1)17-21-9-11-27-30-16-14-26-24-8-4-2-6-20(24)18-22-10-12-28(34(30)32(22)26)29-15-13-25(23)31(21)33(27)29/h1-18H. The fraction of sp³-hybridized carbons (Fsp3) is 0. The quantitative estimate of drug-likeness (QED) is 0.167. The maximum absolute atomic E-state index is 2.36. The van der Waals surface area contributed by atoms with Crippen molar-refractivity contribution in [2.75, 3.05) is 0 Å². The summed E-state index contributed by atoms with van der Waals surface area (Å²) in [6, 6.07) is 41.0. The maximum Gasteiger partial charge on any atom is -0.00141 e. The van der Waals surface area contributed by atoms with Gasteiger partial charge in [-0.2, -0.15) is 0 Å². The third-order valence-electron chi connectivity index (χ3n) is 8.09. The van der Waals surface area contributed by atoms with Crippen LogP contribution in [0.3, 0.4) is 0 Å². The van der Waals surface area contributed by atoms with Crippen molar-refractivity contribution in [2.24, 2.45) is 0 Å². The van der Waals surface area contributed by atoms with Crippen molar-refractivity contribution in [3.05, 3.63) is 109 Å². The zero-order chi connectivity index (χ0) is 22.0. The van der Waals surface area contributed by atoms with Gasteiger partial charge in [0, 0.05) is 0 Å². The van der Waals surface area contributed by atoms with E-state index in [2.05, 4.69) is 109 Å². The Kier molecular flexibility index (Phi) is 2.88. The van der Waals surface area contributed by atoms with E-state index in [1.165, 1.54) is 86.2 Å². The lowest BCUT2D eigenvalue weighted by atomic mass is 9.84. The van der Waals surface area contributed by atoms with Crippen LogP contribution >= 0.6 is 0 Å². The Morgan fingerprint density at radius 1 is 0.235 bits per heavy atom. The van der Waals surface area contributed by atoms with Crippen LogP contribution in [0.1, 0.15) is 0 Å². The molecule has 0 amide bonds. The topological polar surface area (TPSA) is 0 Å². The molecule has 9 rings (SSSR count). The van der Waals surface area contributed by atoms with E-state index < -0.39 is 0 Å². The SMILES string of the molecule is c1ccc2c(c1)cc1ccc3c4ccc5c6ccccc6cc6ccc(c7ccc2c1c37)c4c65. The molecule has 0 spiro atoms. The second kappa shape index (κ2) is 5.73. The van der Waals surface area contributed by atoms with Crippen LogP contribution in [0, 0.1) is 0 Å². The van der Waals surface area contributed by atoms with Gasteiger partial charge in [0.1, 0.15) is 0 Å². The molecule has 0 N–H and O–H groups in total. The summed E-state index contributed by atoms with van der Waals surface area (Å²) >= 11 is 0. The monoisotopic (exact) mass is 426 g/mol. The van der Waals surface area contributed by atoms with Gasteiger partial charge in [0.25, 0.3) is 0 Å². The van der Waals surface area contributed by atoms with E-state index >= 15 is 0 Å². The first-order valence-corrected chi connectivity index (χ1v) is 12.0. The minimum Gasteiger partial charge on any atom is -0.0616 e. The number of benzene rings is 9. The number of rotatable bonds is 0. The highest BCUT2D eigenvalue weighted by atomic mass is 14.2. The van der Waals surface area contributed by atoms with Gasteiger partial charge in [0.2, 0.25) is 0 Å². The van der Waals surface area contributed by atoms with Gasteiger partial charge in [-0.05, 0) is 98.3 Å². The summed E-state index contributed by atoms with van der Waals surface area (Å²) in [6.45, 7) is 0. The largest absolute Gasteiger partial charge is 0.0616 e. The Labute approximate surface area is 195 Å². The highest BCUT2D eigenvalue weighted by Crippen LogP contribution is 2.47. The highest BCUT2D eigenvalue weighted by molar-refractivity contribution is 6.42. The fourth-order valence-electron chi connectivity index (χ4n) is 6.70. The molecule has 0 heterocycles. The summed E-state index contributed by atoms with van der Waals surface area (Å²) < 4.78 is 0. The lowest BCUT2D eigenvalue weighted by Gasteiger charge is -2.19. The first kappa shape index (κ1) is 17.1. The van der Waals surface area contributed by atoms with Crippen LogP contribution < -0.4 is 0 Å². The molecular weight excluding hydrogens is 408 g/mol. The second-order valence-electron chi connectivity index (χ2n) is 9.69. The minimum absolute atomic E-state index is 1.31. The normalized spacial score (nSPS) is 12.7. The summed E-state index contributed by atoms with van der Waals surface area (Å²) in [5, 5.41) is 21.7. The van der Waals surface area contributed by atoms with Gasteiger partial charge < -0.3 is 0 Å². The molecule has 0 aliphatic rings. The Hall–Kier alpha value is -4.42. The van der Waals surface area contributed by atoms with Crippen LogP contribution in [0.15, 0.2) is 109 Å². The summed E-state index contributed by atoms with van der Waals surface area (Å²) in [6.07, 6.45) is 0. The van der Waals surface area contributed by atoms with Gasteiger partial charge in [-0.3, -0.25) is 0 Å².